The van der Waals surface area contributed by atoms with Crippen molar-refractivity contribution in [2.45, 2.75) is 25.0 Å². The molecule has 21 heavy (non-hydrogen) atoms. The molecule has 2 heterocycles. The van der Waals surface area contributed by atoms with E-state index < -0.39 is 18.8 Å². The first-order valence-corrected chi connectivity index (χ1v) is 7.13. The fourth-order valence-electron chi connectivity index (χ4n) is 3.07. The summed E-state index contributed by atoms with van der Waals surface area (Å²) in [6.45, 7) is 0.151. The van der Waals surface area contributed by atoms with Crippen molar-refractivity contribution < 1.29 is 19.8 Å². The first-order chi connectivity index (χ1) is 10.1. The summed E-state index contributed by atoms with van der Waals surface area (Å²) >= 11 is 0. The van der Waals surface area contributed by atoms with E-state index in [1.54, 1.807) is 29.2 Å². The largest absolute Gasteiger partial charge is 0.394 e. The van der Waals surface area contributed by atoms with E-state index in [1.807, 2.05) is 0 Å². The van der Waals surface area contributed by atoms with E-state index in [0.29, 0.717) is 24.2 Å². The van der Waals surface area contributed by atoms with Crippen molar-refractivity contribution in [2.24, 2.45) is 0 Å². The van der Waals surface area contributed by atoms with Gasteiger partial charge < -0.3 is 20.0 Å². The molecule has 1 fully saturated rings. The molecule has 6 heteroatoms. The predicted octanol–water partition coefficient (Wildman–Crippen LogP) is -0.00900. The van der Waals surface area contributed by atoms with E-state index in [-0.39, 0.29) is 18.4 Å². The minimum absolute atomic E-state index is 0.00995. The molecule has 0 aromatic heterocycles. The van der Waals surface area contributed by atoms with E-state index in [9.17, 15) is 14.7 Å². The van der Waals surface area contributed by atoms with Crippen LogP contribution in [-0.2, 0) is 4.79 Å². The summed E-state index contributed by atoms with van der Waals surface area (Å²) in [4.78, 5) is 28.4. The van der Waals surface area contributed by atoms with Crippen LogP contribution in [0.3, 0.4) is 0 Å². The van der Waals surface area contributed by atoms with Crippen molar-refractivity contribution in [3.8, 4) is 0 Å². The number of nitrogens with zero attached hydrogens (tertiary/aromatic N) is 2. The fraction of sp³-hybridized carbons (Fsp3) is 0.467. The third-order valence-corrected chi connectivity index (χ3v) is 4.09. The second-order valence-electron chi connectivity index (χ2n) is 5.46. The van der Waals surface area contributed by atoms with Gasteiger partial charge in [0.2, 0.25) is 5.91 Å². The molecule has 1 saturated heterocycles. The van der Waals surface area contributed by atoms with Gasteiger partial charge in [0, 0.05) is 6.54 Å². The summed E-state index contributed by atoms with van der Waals surface area (Å²) < 4.78 is 0. The van der Waals surface area contributed by atoms with Crippen LogP contribution in [0.25, 0.3) is 0 Å². The van der Waals surface area contributed by atoms with E-state index in [0.717, 1.165) is 6.42 Å². The normalized spacial score (nSPS) is 22.9. The Morgan fingerprint density at radius 3 is 2.81 bits per heavy atom. The Balaban J connectivity index is 2.07. The first kappa shape index (κ1) is 14.0. The van der Waals surface area contributed by atoms with Crippen LogP contribution in [0.4, 0.5) is 5.69 Å². The van der Waals surface area contributed by atoms with Crippen LogP contribution >= 0.6 is 0 Å². The minimum Gasteiger partial charge on any atom is -0.394 e. The monoisotopic (exact) mass is 290 g/mol. The average molecular weight is 290 g/mol. The van der Waals surface area contributed by atoms with Crippen molar-refractivity contribution >= 4 is 17.5 Å². The second kappa shape index (κ2) is 5.46. The number of aliphatic hydroxyl groups excluding tert-OH is 2. The quantitative estimate of drug-likeness (QED) is 0.820. The Bertz CT molecular complexity index is 575. The van der Waals surface area contributed by atoms with Crippen LogP contribution < -0.4 is 4.90 Å². The number of aliphatic hydroxyl groups is 2. The summed E-state index contributed by atoms with van der Waals surface area (Å²) in [5, 5.41) is 18.8. The molecule has 112 valence electrons. The summed E-state index contributed by atoms with van der Waals surface area (Å²) in [6.07, 6.45) is 0.426. The molecule has 0 saturated carbocycles. The van der Waals surface area contributed by atoms with Gasteiger partial charge in [-0.05, 0) is 25.0 Å². The lowest BCUT2D eigenvalue weighted by Gasteiger charge is -2.27. The van der Waals surface area contributed by atoms with Gasteiger partial charge in [-0.25, -0.2) is 0 Å². The third-order valence-electron chi connectivity index (χ3n) is 4.09. The van der Waals surface area contributed by atoms with Crippen molar-refractivity contribution in [3.05, 3.63) is 29.8 Å². The number of benzene rings is 1. The lowest BCUT2D eigenvalue weighted by molar-refractivity contribution is -0.122. The SMILES string of the molecule is O=C1C2CCCN2C(=O)c2ccccc2N1C[C@H](O)CO. The Morgan fingerprint density at radius 1 is 1.29 bits per heavy atom. The van der Waals surface area contributed by atoms with Gasteiger partial charge in [-0.2, -0.15) is 0 Å². The van der Waals surface area contributed by atoms with Crippen molar-refractivity contribution in [2.75, 3.05) is 24.6 Å². The molecule has 2 aliphatic heterocycles. The first-order valence-electron chi connectivity index (χ1n) is 7.13. The van der Waals surface area contributed by atoms with Gasteiger partial charge in [-0.3, -0.25) is 9.59 Å². The highest BCUT2D eigenvalue weighted by Gasteiger charge is 2.42. The number of hydrogen-bond donors (Lipinski definition) is 2. The zero-order chi connectivity index (χ0) is 15.0. The molecule has 6 nitrogen and oxygen atoms in total. The molecule has 3 rings (SSSR count). The Kier molecular flexibility index (Phi) is 3.65. The highest BCUT2D eigenvalue weighted by molar-refractivity contribution is 6.11. The van der Waals surface area contributed by atoms with Gasteiger partial charge in [0.1, 0.15) is 6.04 Å². The number of para-hydroxylation sites is 1. The maximum Gasteiger partial charge on any atom is 0.256 e. The zero-order valence-corrected chi connectivity index (χ0v) is 11.6. The Morgan fingerprint density at radius 2 is 2.05 bits per heavy atom. The number of rotatable bonds is 3. The van der Waals surface area contributed by atoms with Crippen LogP contribution in [-0.4, -0.2) is 58.8 Å². The van der Waals surface area contributed by atoms with Crippen LogP contribution in [0.2, 0.25) is 0 Å². The molecule has 0 spiro atoms. The van der Waals surface area contributed by atoms with Gasteiger partial charge in [-0.15, -0.1) is 0 Å². The number of fused-ring (bicyclic) bond motifs is 2. The molecular formula is C15H18N2O4. The van der Waals surface area contributed by atoms with Crippen LogP contribution in [0.5, 0.6) is 0 Å². The van der Waals surface area contributed by atoms with Gasteiger partial charge in [0.05, 0.1) is 30.5 Å². The smallest absolute Gasteiger partial charge is 0.256 e. The molecule has 0 bridgehead atoms. The van der Waals surface area contributed by atoms with E-state index >= 15 is 0 Å². The standard InChI is InChI=1S/C15H18N2O4/c18-9-10(19)8-17-12-5-2-1-4-11(12)14(20)16-7-3-6-13(16)15(17)21/h1-2,4-5,10,13,18-19H,3,6-9H2/t10-,13?/m0/s1. The van der Waals surface area contributed by atoms with Gasteiger partial charge in [-0.1, -0.05) is 12.1 Å². The fourth-order valence-corrected chi connectivity index (χ4v) is 3.07. The minimum atomic E-state index is -1.02. The predicted molar refractivity (Wildman–Crippen MR) is 75.9 cm³/mol. The molecule has 0 radical (unpaired) electrons. The molecule has 1 unspecified atom stereocenters. The molecular weight excluding hydrogens is 272 g/mol. The summed E-state index contributed by atoms with van der Waals surface area (Å²) in [7, 11) is 0. The molecule has 2 N–H and O–H groups in total. The van der Waals surface area contributed by atoms with Crippen molar-refractivity contribution in [1.29, 1.82) is 0 Å². The lowest BCUT2D eigenvalue weighted by atomic mass is 10.1. The van der Waals surface area contributed by atoms with Gasteiger partial charge in [0.25, 0.3) is 5.91 Å². The average Bonchev–Trinajstić information content (AvgIpc) is 2.97. The zero-order valence-electron chi connectivity index (χ0n) is 11.6. The van der Waals surface area contributed by atoms with Crippen LogP contribution in [0.1, 0.15) is 23.2 Å². The van der Waals surface area contributed by atoms with Crippen LogP contribution in [0.15, 0.2) is 24.3 Å². The maximum atomic E-state index is 12.7. The highest BCUT2D eigenvalue weighted by Crippen LogP contribution is 2.32. The number of anilines is 1. The molecule has 2 amide bonds. The lowest BCUT2D eigenvalue weighted by Crippen LogP contribution is -2.47. The number of amides is 2. The van der Waals surface area contributed by atoms with Crippen molar-refractivity contribution in [3.63, 3.8) is 0 Å². The number of carbonyl (C=O) groups is 2. The van der Waals surface area contributed by atoms with Crippen molar-refractivity contribution in [1.82, 2.24) is 4.90 Å². The summed E-state index contributed by atoms with van der Waals surface area (Å²) in [6, 6.07) is 6.46. The third kappa shape index (κ3) is 2.30. The number of β-amino-alcohol motifs (C(OH)–C–C–N with tert-alkyl or cyclic N) is 1. The molecule has 0 aliphatic carbocycles. The maximum absolute atomic E-state index is 12.7. The number of hydrogen-bond acceptors (Lipinski definition) is 4. The van der Waals surface area contributed by atoms with E-state index in [1.165, 1.54) is 4.90 Å². The molecule has 1 aromatic rings. The van der Waals surface area contributed by atoms with Gasteiger partial charge >= 0.3 is 0 Å². The topological polar surface area (TPSA) is 81.1 Å². The van der Waals surface area contributed by atoms with Gasteiger partial charge in [0.15, 0.2) is 0 Å². The highest BCUT2D eigenvalue weighted by atomic mass is 16.3. The summed E-state index contributed by atoms with van der Waals surface area (Å²) in [5.74, 6) is -0.319. The second-order valence-corrected chi connectivity index (χ2v) is 5.46. The van der Waals surface area contributed by atoms with Crippen LogP contribution in [0, 0.1) is 0 Å². The van der Waals surface area contributed by atoms with E-state index in [4.69, 9.17) is 5.11 Å². The molecule has 2 atom stereocenters. The molecule has 1 aromatic carbocycles. The Labute approximate surface area is 122 Å². The van der Waals surface area contributed by atoms with E-state index in [2.05, 4.69) is 0 Å². The molecule has 2 aliphatic rings. The summed E-state index contributed by atoms with van der Waals surface area (Å²) in [5.41, 5.74) is 0.981. The Hall–Kier alpha value is -1.92. The number of carbonyl (C=O) groups excluding carboxylic acids is 2.